The van der Waals surface area contributed by atoms with Crippen LogP contribution >= 0.6 is 15.9 Å². The molecule has 3 heterocycles. The summed E-state index contributed by atoms with van der Waals surface area (Å²) >= 11 is 3.67. The number of fused-ring (bicyclic) bond motifs is 1. The second-order valence-corrected chi connectivity index (χ2v) is 13.1. The summed E-state index contributed by atoms with van der Waals surface area (Å²) < 4.78 is 12.3. The van der Waals surface area contributed by atoms with Gasteiger partial charge >= 0.3 is 5.97 Å². The van der Waals surface area contributed by atoms with Crippen LogP contribution < -0.4 is 5.32 Å². The molecule has 2 N–H and O–H groups in total. The number of rotatable bonds is 13. The van der Waals surface area contributed by atoms with E-state index in [-0.39, 0.29) is 41.7 Å². The highest BCUT2D eigenvalue weighted by Gasteiger charge is 2.77. The number of esters is 1. The first-order valence-electron chi connectivity index (χ1n) is 14.9. The van der Waals surface area contributed by atoms with E-state index in [1.807, 2.05) is 4.90 Å². The van der Waals surface area contributed by atoms with Crippen molar-refractivity contribution in [1.29, 1.82) is 0 Å². The number of likely N-dealkylation sites (tertiary alicyclic amines) is 1. The highest BCUT2D eigenvalue weighted by molar-refractivity contribution is 9.09. The Bertz CT molecular complexity index is 1030. The number of carbonyl (C=O) groups excluding carboxylic acids is 4. The number of halogens is 1. The molecule has 11 heteroatoms. The number of allylic oxidation sites excluding steroid dienone is 1. The summed E-state index contributed by atoms with van der Waals surface area (Å²) in [4.78, 5) is 57.2. The maximum Gasteiger partial charge on any atom is 0.312 e. The Kier molecular flexibility index (Phi) is 10.3. The average Bonchev–Trinajstić information content (AvgIpc) is 3.56. The normalized spacial score (nSPS) is 32.2. The van der Waals surface area contributed by atoms with Crippen molar-refractivity contribution in [2.24, 2.45) is 11.8 Å². The van der Waals surface area contributed by atoms with Gasteiger partial charge in [-0.3, -0.25) is 19.2 Å². The van der Waals surface area contributed by atoms with Crippen molar-refractivity contribution < 1.29 is 33.8 Å². The molecule has 4 rings (SSSR count). The number of hydrogen-bond acceptors (Lipinski definition) is 7. The highest BCUT2D eigenvalue weighted by Crippen LogP contribution is 2.60. The third-order valence-electron chi connectivity index (χ3n) is 9.08. The van der Waals surface area contributed by atoms with E-state index >= 15 is 0 Å². The molecule has 1 saturated carbocycles. The predicted molar refractivity (Wildman–Crippen MR) is 156 cm³/mol. The maximum atomic E-state index is 14.5. The van der Waals surface area contributed by atoms with Crippen LogP contribution in [0.4, 0.5) is 0 Å². The first-order chi connectivity index (χ1) is 19.6. The van der Waals surface area contributed by atoms with Crippen molar-refractivity contribution in [2.45, 2.75) is 106 Å². The summed E-state index contributed by atoms with van der Waals surface area (Å²) in [5.74, 6) is -3.19. The molecule has 4 fully saturated rings. The van der Waals surface area contributed by atoms with E-state index in [2.05, 4.69) is 34.4 Å². The fourth-order valence-corrected chi connectivity index (χ4v) is 8.13. The number of amides is 3. The molecular weight excluding hydrogens is 594 g/mol. The Morgan fingerprint density at radius 2 is 1.95 bits per heavy atom. The van der Waals surface area contributed by atoms with Gasteiger partial charge in [-0.25, -0.2) is 0 Å². The van der Waals surface area contributed by atoms with E-state index < -0.39 is 47.7 Å². The van der Waals surface area contributed by atoms with Gasteiger partial charge in [-0.05, 0) is 39.5 Å². The van der Waals surface area contributed by atoms with Gasteiger partial charge in [0.1, 0.15) is 17.7 Å². The van der Waals surface area contributed by atoms with Crippen molar-refractivity contribution in [3.05, 3.63) is 25.3 Å². The van der Waals surface area contributed by atoms with Gasteiger partial charge in [0, 0.05) is 23.8 Å². The lowest BCUT2D eigenvalue weighted by Crippen LogP contribution is -2.60. The number of carbonyl (C=O) groups is 4. The zero-order chi connectivity index (χ0) is 29.9. The lowest BCUT2D eigenvalue weighted by Gasteiger charge is -2.42. The Balaban J connectivity index is 1.60. The van der Waals surface area contributed by atoms with E-state index in [4.69, 9.17) is 9.47 Å². The summed E-state index contributed by atoms with van der Waals surface area (Å²) in [5.41, 5.74) is -1.23. The molecule has 0 radical (unpaired) electrons. The van der Waals surface area contributed by atoms with E-state index in [1.165, 1.54) is 4.90 Å². The largest absolute Gasteiger partial charge is 0.460 e. The van der Waals surface area contributed by atoms with Gasteiger partial charge in [-0.15, -0.1) is 13.2 Å². The van der Waals surface area contributed by atoms with Gasteiger partial charge in [-0.1, -0.05) is 47.3 Å². The molecule has 1 unspecified atom stereocenters. The molecule has 0 aromatic heterocycles. The molecule has 0 aromatic carbocycles. The molecule has 0 aromatic rings. The van der Waals surface area contributed by atoms with Gasteiger partial charge in [-0.2, -0.15) is 0 Å². The van der Waals surface area contributed by atoms with Gasteiger partial charge in [0.2, 0.25) is 17.7 Å². The monoisotopic (exact) mass is 637 g/mol. The topological polar surface area (TPSA) is 125 Å². The molecule has 1 aliphatic carbocycles. The Morgan fingerprint density at radius 1 is 1.24 bits per heavy atom. The molecule has 1 spiro atoms. The third kappa shape index (κ3) is 5.99. The summed E-state index contributed by atoms with van der Waals surface area (Å²) in [6, 6.07) is -1.59. The molecule has 228 valence electrons. The molecule has 10 nitrogen and oxygen atoms in total. The van der Waals surface area contributed by atoms with E-state index in [1.54, 1.807) is 26.0 Å². The molecule has 8 atom stereocenters. The SMILES string of the molecule is C=CCCC(=O)NC[C@H](C)OC(=O)[C@@H]1[C@H]2O[C@@]3(CC2Br)[C@H](C(=O)N(CC=C)C2CCCCC2)N([C@H](C)CO)C(=O)[C@@H]13. The number of nitrogens with zero attached hydrogens (tertiary/aromatic N) is 2. The minimum Gasteiger partial charge on any atom is -0.460 e. The minimum atomic E-state index is -1.23. The Hall–Kier alpha value is -2.24. The first-order valence-corrected chi connectivity index (χ1v) is 15.8. The quantitative estimate of drug-likeness (QED) is 0.181. The number of ether oxygens (including phenoxy) is 2. The van der Waals surface area contributed by atoms with Crippen molar-refractivity contribution in [1.82, 2.24) is 15.1 Å². The third-order valence-corrected chi connectivity index (χ3v) is 9.92. The summed E-state index contributed by atoms with van der Waals surface area (Å²) in [6.07, 6.45) is 8.27. The van der Waals surface area contributed by atoms with Crippen LogP contribution in [-0.4, -0.2) is 99.1 Å². The lowest BCUT2D eigenvalue weighted by molar-refractivity contribution is -0.160. The van der Waals surface area contributed by atoms with Gasteiger partial charge in [0.05, 0.1) is 37.1 Å². The number of aliphatic hydroxyl groups is 1. The Labute approximate surface area is 251 Å². The van der Waals surface area contributed by atoms with Gasteiger partial charge < -0.3 is 29.7 Å². The van der Waals surface area contributed by atoms with Crippen LogP contribution in [0.15, 0.2) is 25.3 Å². The van der Waals surface area contributed by atoms with Gasteiger partial charge in [0.15, 0.2) is 0 Å². The van der Waals surface area contributed by atoms with Crippen molar-refractivity contribution in [3.8, 4) is 0 Å². The van der Waals surface area contributed by atoms with Crippen LogP contribution in [0.2, 0.25) is 0 Å². The number of aliphatic hydroxyl groups excluding tert-OH is 1. The fraction of sp³-hybridized carbons (Fsp3) is 0.733. The van der Waals surface area contributed by atoms with Crippen LogP contribution in [-0.2, 0) is 28.7 Å². The molecule has 4 aliphatic rings. The zero-order valence-corrected chi connectivity index (χ0v) is 25.7. The second-order valence-electron chi connectivity index (χ2n) is 11.9. The fourth-order valence-electron chi connectivity index (χ4n) is 7.18. The van der Waals surface area contributed by atoms with Crippen molar-refractivity contribution >= 4 is 39.6 Å². The lowest BCUT2D eigenvalue weighted by atomic mass is 9.70. The smallest absolute Gasteiger partial charge is 0.312 e. The van der Waals surface area contributed by atoms with E-state index in [0.717, 1.165) is 32.1 Å². The molecule has 41 heavy (non-hydrogen) atoms. The standard InChI is InChI=1S/C30H44BrN3O7/c1-5-7-13-22(36)32-16-19(4)40-29(39)23-24-27(37)34(18(3)17-35)26(30(24)15-21(31)25(23)41-30)28(38)33(14-6-2)20-11-9-8-10-12-20/h5-6,18-21,23-26,35H,1-2,7-17H2,3-4H3,(H,32,36)/t18-,19+,21?,23+,24-,25+,26+,30-/m1/s1. The van der Waals surface area contributed by atoms with E-state index in [0.29, 0.717) is 25.8 Å². The van der Waals surface area contributed by atoms with E-state index in [9.17, 15) is 24.3 Å². The van der Waals surface area contributed by atoms with Crippen molar-refractivity contribution in [2.75, 3.05) is 19.7 Å². The second kappa shape index (κ2) is 13.4. The van der Waals surface area contributed by atoms with Gasteiger partial charge in [0.25, 0.3) is 0 Å². The molecular formula is C30H44BrN3O7. The minimum absolute atomic E-state index is 0.0350. The van der Waals surface area contributed by atoms with Crippen molar-refractivity contribution in [3.63, 3.8) is 0 Å². The molecule has 3 saturated heterocycles. The summed E-state index contributed by atoms with van der Waals surface area (Å²) in [5, 5.41) is 12.9. The Morgan fingerprint density at radius 3 is 2.59 bits per heavy atom. The van der Waals surface area contributed by atoms with Crippen LogP contribution in [0.5, 0.6) is 0 Å². The highest BCUT2D eigenvalue weighted by atomic mass is 79.9. The average molecular weight is 639 g/mol. The molecule has 3 amide bonds. The maximum absolute atomic E-state index is 14.5. The first kappa shape index (κ1) is 31.7. The number of hydrogen-bond donors (Lipinski definition) is 2. The van der Waals surface area contributed by atoms with Crippen LogP contribution in [0.1, 0.15) is 65.2 Å². The van der Waals surface area contributed by atoms with Crippen LogP contribution in [0, 0.1) is 11.8 Å². The molecule has 3 aliphatic heterocycles. The zero-order valence-electron chi connectivity index (χ0n) is 24.1. The van der Waals surface area contributed by atoms with Crippen LogP contribution in [0.3, 0.4) is 0 Å². The predicted octanol–water partition coefficient (Wildman–Crippen LogP) is 2.48. The van der Waals surface area contributed by atoms with Crippen LogP contribution in [0.25, 0.3) is 0 Å². The number of nitrogens with one attached hydrogen (secondary N) is 1. The summed E-state index contributed by atoms with van der Waals surface area (Å²) in [6.45, 7) is 11.0. The molecule has 2 bridgehead atoms. The number of alkyl halides is 1. The summed E-state index contributed by atoms with van der Waals surface area (Å²) in [7, 11) is 0.